The van der Waals surface area contributed by atoms with Gasteiger partial charge in [-0.15, -0.1) is 0 Å². The molecule has 0 atom stereocenters. The highest BCUT2D eigenvalue weighted by Gasteiger charge is 2.22. The highest BCUT2D eigenvalue weighted by molar-refractivity contribution is 5.78. The van der Waals surface area contributed by atoms with Crippen molar-refractivity contribution in [3.8, 4) is 0 Å². The Labute approximate surface area is 98.5 Å². The summed E-state index contributed by atoms with van der Waals surface area (Å²) in [6.45, 7) is 3.21. The lowest BCUT2D eigenvalue weighted by Gasteiger charge is -2.32. The zero-order valence-electron chi connectivity index (χ0n) is 10.7. The van der Waals surface area contributed by atoms with Crippen molar-refractivity contribution < 1.29 is 9.53 Å². The molecule has 0 aromatic carbocycles. The van der Waals surface area contributed by atoms with Gasteiger partial charge in [-0.2, -0.15) is 0 Å². The van der Waals surface area contributed by atoms with Gasteiger partial charge in [0.25, 0.3) is 0 Å². The van der Waals surface area contributed by atoms with Crippen LogP contribution in [0.15, 0.2) is 0 Å². The number of carbonyl (C=O) groups is 1. The van der Waals surface area contributed by atoms with Crippen molar-refractivity contribution in [2.45, 2.75) is 19.3 Å². The van der Waals surface area contributed by atoms with E-state index in [1.54, 1.807) is 7.11 Å². The number of nitrogens with zero attached hydrogens (tertiary/aromatic N) is 2. The summed E-state index contributed by atoms with van der Waals surface area (Å²) < 4.78 is 5.08. The predicted octanol–water partition coefficient (Wildman–Crippen LogP) is 0.823. The summed E-state index contributed by atoms with van der Waals surface area (Å²) in [6.07, 6.45) is 3.39. The Morgan fingerprint density at radius 2 is 2.00 bits per heavy atom. The fraction of sp³-hybridized carbons (Fsp3) is 0.917. The van der Waals surface area contributed by atoms with E-state index in [1.165, 1.54) is 0 Å². The number of likely N-dealkylation sites (tertiary alicyclic amines) is 1. The van der Waals surface area contributed by atoms with E-state index in [0.29, 0.717) is 6.54 Å². The number of hydrogen-bond acceptors (Lipinski definition) is 3. The Morgan fingerprint density at radius 1 is 1.38 bits per heavy atom. The molecular weight excluding hydrogens is 204 g/mol. The van der Waals surface area contributed by atoms with Gasteiger partial charge < -0.3 is 14.5 Å². The highest BCUT2D eigenvalue weighted by Crippen LogP contribution is 2.20. The van der Waals surface area contributed by atoms with Crippen LogP contribution in [-0.2, 0) is 9.53 Å². The quantitative estimate of drug-likeness (QED) is 0.698. The number of rotatable bonds is 5. The molecule has 1 heterocycles. The molecule has 4 nitrogen and oxygen atoms in total. The van der Waals surface area contributed by atoms with Gasteiger partial charge in [0.1, 0.15) is 0 Å². The molecule has 0 spiro atoms. The first-order valence-corrected chi connectivity index (χ1v) is 6.05. The number of amides is 1. The van der Waals surface area contributed by atoms with Crippen LogP contribution < -0.4 is 0 Å². The third-order valence-corrected chi connectivity index (χ3v) is 3.15. The van der Waals surface area contributed by atoms with Crippen molar-refractivity contribution in [2.75, 3.05) is 47.4 Å². The Balaban J connectivity index is 2.23. The van der Waals surface area contributed by atoms with E-state index in [2.05, 4.69) is 0 Å². The van der Waals surface area contributed by atoms with E-state index in [-0.39, 0.29) is 5.91 Å². The fourth-order valence-electron chi connectivity index (χ4n) is 2.13. The van der Waals surface area contributed by atoms with Crippen LogP contribution in [0.4, 0.5) is 0 Å². The van der Waals surface area contributed by atoms with Crippen LogP contribution in [0.5, 0.6) is 0 Å². The second-order valence-electron chi connectivity index (χ2n) is 4.84. The van der Waals surface area contributed by atoms with Gasteiger partial charge in [0.05, 0.1) is 6.54 Å². The van der Waals surface area contributed by atoms with Crippen molar-refractivity contribution in [1.29, 1.82) is 0 Å². The third kappa shape index (κ3) is 4.49. The maximum Gasteiger partial charge on any atom is 0.236 e. The summed E-state index contributed by atoms with van der Waals surface area (Å²) in [5.41, 5.74) is 0. The van der Waals surface area contributed by atoms with E-state index >= 15 is 0 Å². The molecule has 0 aromatic rings. The lowest BCUT2D eigenvalue weighted by atomic mass is 9.94. The Morgan fingerprint density at radius 3 is 2.50 bits per heavy atom. The molecule has 0 aromatic heterocycles. The van der Waals surface area contributed by atoms with Crippen LogP contribution in [-0.4, -0.2) is 63.2 Å². The molecular formula is C12H24N2O2. The first kappa shape index (κ1) is 13.5. The molecule has 4 heteroatoms. The van der Waals surface area contributed by atoms with Crippen molar-refractivity contribution >= 4 is 5.91 Å². The molecule has 1 aliphatic rings. The number of likely N-dealkylation sites (N-methyl/N-ethyl adjacent to an activating group) is 1. The normalized spacial score (nSPS) is 18.1. The SMILES string of the molecule is COCCC1CCN(C(=O)CN(C)C)CC1. The van der Waals surface area contributed by atoms with Crippen molar-refractivity contribution in [2.24, 2.45) is 5.92 Å². The molecule has 0 bridgehead atoms. The van der Waals surface area contributed by atoms with Crippen molar-refractivity contribution in [3.05, 3.63) is 0 Å². The minimum absolute atomic E-state index is 0.259. The van der Waals surface area contributed by atoms with E-state index in [1.807, 2.05) is 23.9 Å². The van der Waals surface area contributed by atoms with Crippen LogP contribution >= 0.6 is 0 Å². The van der Waals surface area contributed by atoms with Gasteiger partial charge in [-0.25, -0.2) is 0 Å². The van der Waals surface area contributed by atoms with Gasteiger partial charge in [0, 0.05) is 26.8 Å². The van der Waals surface area contributed by atoms with Crippen LogP contribution in [0.3, 0.4) is 0 Å². The summed E-state index contributed by atoms with van der Waals surface area (Å²) in [7, 11) is 5.61. The van der Waals surface area contributed by atoms with E-state index in [4.69, 9.17) is 4.74 Å². The van der Waals surface area contributed by atoms with Gasteiger partial charge in [0.2, 0.25) is 5.91 Å². The lowest BCUT2D eigenvalue weighted by molar-refractivity contribution is -0.133. The molecule has 0 radical (unpaired) electrons. The lowest BCUT2D eigenvalue weighted by Crippen LogP contribution is -2.42. The van der Waals surface area contributed by atoms with Crippen LogP contribution in [0.1, 0.15) is 19.3 Å². The van der Waals surface area contributed by atoms with Crippen LogP contribution in [0.25, 0.3) is 0 Å². The number of methoxy groups -OCH3 is 1. The van der Waals surface area contributed by atoms with E-state index in [0.717, 1.165) is 44.9 Å². The molecule has 0 N–H and O–H groups in total. The van der Waals surface area contributed by atoms with Crippen molar-refractivity contribution in [3.63, 3.8) is 0 Å². The Bertz CT molecular complexity index is 211. The molecule has 1 saturated heterocycles. The number of carbonyl (C=O) groups excluding carboxylic acids is 1. The summed E-state index contributed by atoms with van der Waals surface area (Å²) >= 11 is 0. The average Bonchev–Trinajstić information content (AvgIpc) is 2.26. The summed E-state index contributed by atoms with van der Waals surface area (Å²) in [4.78, 5) is 15.7. The van der Waals surface area contributed by atoms with E-state index < -0.39 is 0 Å². The molecule has 0 saturated carbocycles. The zero-order chi connectivity index (χ0) is 12.0. The molecule has 0 unspecified atom stereocenters. The topological polar surface area (TPSA) is 32.8 Å². The standard InChI is InChI=1S/C12H24N2O2/c1-13(2)10-12(15)14-7-4-11(5-8-14)6-9-16-3/h11H,4-10H2,1-3H3. The maximum atomic E-state index is 11.8. The summed E-state index contributed by atoms with van der Waals surface area (Å²) in [6, 6.07) is 0. The van der Waals surface area contributed by atoms with Gasteiger partial charge in [-0.3, -0.25) is 4.79 Å². The Kier molecular flexibility index (Phi) is 5.77. The number of hydrogen-bond donors (Lipinski definition) is 0. The average molecular weight is 228 g/mol. The van der Waals surface area contributed by atoms with Gasteiger partial charge in [-0.1, -0.05) is 0 Å². The highest BCUT2D eigenvalue weighted by atomic mass is 16.5. The molecule has 0 aliphatic carbocycles. The minimum Gasteiger partial charge on any atom is -0.385 e. The predicted molar refractivity (Wildman–Crippen MR) is 64.4 cm³/mol. The number of ether oxygens (including phenoxy) is 1. The molecule has 1 amide bonds. The largest absolute Gasteiger partial charge is 0.385 e. The van der Waals surface area contributed by atoms with E-state index in [9.17, 15) is 4.79 Å². The second-order valence-corrected chi connectivity index (χ2v) is 4.84. The zero-order valence-corrected chi connectivity index (χ0v) is 10.7. The number of piperidine rings is 1. The second kappa shape index (κ2) is 6.86. The summed E-state index contributed by atoms with van der Waals surface area (Å²) in [5, 5.41) is 0. The van der Waals surface area contributed by atoms with Gasteiger partial charge in [-0.05, 0) is 39.3 Å². The summed E-state index contributed by atoms with van der Waals surface area (Å²) in [5.74, 6) is 0.999. The monoisotopic (exact) mass is 228 g/mol. The van der Waals surface area contributed by atoms with Crippen molar-refractivity contribution in [1.82, 2.24) is 9.80 Å². The molecule has 94 valence electrons. The molecule has 1 fully saturated rings. The third-order valence-electron chi connectivity index (χ3n) is 3.15. The maximum absolute atomic E-state index is 11.8. The molecule has 16 heavy (non-hydrogen) atoms. The molecule has 1 aliphatic heterocycles. The smallest absolute Gasteiger partial charge is 0.236 e. The first-order chi connectivity index (χ1) is 7.63. The van der Waals surface area contributed by atoms with Crippen LogP contribution in [0.2, 0.25) is 0 Å². The fourth-order valence-corrected chi connectivity index (χ4v) is 2.13. The van der Waals surface area contributed by atoms with Gasteiger partial charge in [0.15, 0.2) is 0 Å². The van der Waals surface area contributed by atoms with Gasteiger partial charge >= 0.3 is 0 Å². The minimum atomic E-state index is 0.259. The Hall–Kier alpha value is -0.610. The van der Waals surface area contributed by atoms with Crippen LogP contribution in [0, 0.1) is 5.92 Å². The first-order valence-electron chi connectivity index (χ1n) is 6.05. The molecule has 1 rings (SSSR count).